The summed E-state index contributed by atoms with van der Waals surface area (Å²) in [7, 11) is 0. The number of anilines is 1. The first-order valence-electron chi connectivity index (χ1n) is 7.58. The van der Waals surface area contributed by atoms with E-state index in [9.17, 15) is 4.79 Å². The number of fused-ring (bicyclic) bond motifs is 1. The normalized spacial score (nSPS) is 17.3. The van der Waals surface area contributed by atoms with Gasteiger partial charge >= 0.3 is 0 Å². The number of carbonyl (C=O) groups is 1. The minimum Gasteiger partial charge on any atom is -0.379 e. The van der Waals surface area contributed by atoms with E-state index in [1.165, 1.54) is 5.56 Å². The van der Waals surface area contributed by atoms with Crippen LogP contribution < -0.4 is 10.6 Å². The van der Waals surface area contributed by atoms with E-state index < -0.39 is 0 Å². The molecule has 2 N–H and O–H groups in total. The Morgan fingerprint density at radius 1 is 1.17 bits per heavy atom. The first-order valence-corrected chi connectivity index (χ1v) is 8.38. The molecular weight excluding hydrogens is 352 g/mol. The molecule has 0 saturated carbocycles. The zero-order valence-electron chi connectivity index (χ0n) is 13.2. The highest BCUT2D eigenvalue weighted by Crippen LogP contribution is 2.29. The number of benzene rings is 2. The van der Waals surface area contributed by atoms with E-state index in [1.54, 1.807) is 6.08 Å². The molecule has 0 fully saturated rings. The molecular formula is C19H19BrN2O. The van der Waals surface area contributed by atoms with Crippen LogP contribution in [0, 0.1) is 0 Å². The maximum atomic E-state index is 12.4. The van der Waals surface area contributed by atoms with Crippen molar-refractivity contribution in [3.63, 3.8) is 0 Å². The predicted octanol–water partition coefficient (Wildman–Crippen LogP) is 4.35. The van der Waals surface area contributed by atoms with Gasteiger partial charge in [0.2, 0.25) is 5.91 Å². The molecule has 1 heterocycles. The zero-order chi connectivity index (χ0) is 16.4. The highest BCUT2D eigenvalue weighted by atomic mass is 79.9. The molecule has 0 unspecified atom stereocenters. The van der Waals surface area contributed by atoms with Gasteiger partial charge in [-0.2, -0.15) is 0 Å². The lowest BCUT2D eigenvalue weighted by atomic mass is 9.86. The molecule has 3 rings (SSSR count). The van der Waals surface area contributed by atoms with Gasteiger partial charge in [-0.25, -0.2) is 0 Å². The largest absolute Gasteiger partial charge is 0.379 e. The summed E-state index contributed by atoms with van der Waals surface area (Å²) in [5, 5.41) is 6.38. The van der Waals surface area contributed by atoms with Crippen molar-refractivity contribution in [2.24, 2.45) is 0 Å². The zero-order valence-corrected chi connectivity index (χ0v) is 14.8. The number of halogens is 1. The number of hydrogen-bond acceptors (Lipinski definition) is 2. The summed E-state index contributed by atoms with van der Waals surface area (Å²) >= 11 is 3.44. The van der Waals surface area contributed by atoms with Crippen LogP contribution in [0.3, 0.4) is 0 Å². The van der Waals surface area contributed by atoms with Crippen molar-refractivity contribution in [2.75, 3.05) is 5.32 Å². The minimum absolute atomic E-state index is 0.0756. The highest BCUT2D eigenvalue weighted by Gasteiger charge is 2.27. The standard InChI is InChI=1S/C19H19BrN2O/c1-19(2)12-13-7-3-4-8-14(13)17(22-19)11-18(23)21-16-10-6-5-9-15(16)20/h3-11,22H,12H2,1-2H3,(H,21,23). The van der Waals surface area contributed by atoms with Gasteiger partial charge in [-0.3, -0.25) is 4.79 Å². The average molecular weight is 371 g/mol. The van der Waals surface area contributed by atoms with Crippen LogP contribution in [0.2, 0.25) is 0 Å². The Labute approximate surface area is 144 Å². The van der Waals surface area contributed by atoms with Gasteiger partial charge in [0.25, 0.3) is 0 Å². The smallest absolute Gasteiger partial charge is 0.250 e. The predicted molar refractivity (Wildman–Crippen MR) is 98.1 cm³/mol. The summed E-state index contributed by atoms with van der Waals surface area (Å²) in [4.78, 5) is 12.4. The van der Waals surface area contributed by atoms with E-state index in [4.69, 9.17) is 0 Å². The van der Waals surface area contributed by atoms with Crippen molar-refractivity contribution in [2.45, 2.75) is 25.8 Å². The van der Waals surface area contributed by atoms with Crippen molar-refractivity contribution >= 4 is 33.2 Å². The van der Waals surface area contributed by atoms with Crippen LogP contribution in [0.25, 0.3) is 5.70 Å². The minimum atomic E-state index is -0.146. The third kappa shape index (κ3) is 3.64. The van der Waals surface area contributed by atoms with Crippen molar-refractivity contribution in [3.8, 4) is 0 Å². The molecule has 4 heteroatoms. The molecule has 1 aliphatic heterocycles. The molecule has 0 atom stereocenters. The number of nitrogens with one attached hydrogen (secondary N) is 2. The lowest BCUT2D eigenvalue weighted by Crippen LogP contribution is -2.44. The van der Waals surface area contributed by atoms with Crippen LogP contribution in [-0.4, -0.2) is 11.4 Å². The Morgan fingerprint density at radius 2 is 1.87 bits per heavy atom. The quantitative estimate of drug-likeness (QED) is 0.771. The Balaban J connectivity index is 1.89. The van der Waals surface area contributed by atoms with Gasteiger partial charge in [0, 0.05) is 27.3 Å². The van der Waals surface area contributed by atoms with E-state index in [0.717, 1.165) is 27.8 Å². The molecule has 23 heavy (non-hydrogen) atoms. The van der Waals surface area contributed by atoms with Crippen LogP contribution in [0.1, 0.15) is 25.0 Å². The molecule has 2 aromatic rings. The SMILES string of the molecule is CC1(C)Cc2ccccc2C(=CC(=O)Nc2ccccc2Br)N1. The second kappa shape index (κ2) is 6.20. The summed E-state index contributed by atoms with van der Waals surface area (Å²) in [6, 6.07) is 15.8. The van der Waals surface area contributed by atoms with Crippen molar-refractivity contribution in [1.29, 1.82) is 0 Å². The third-order valence-electron chi connectivity index (χ3n) is 3.82. The van der Waals surface area contributed by atoms with Crippen LogP contribution in [0.4, 0.5) is 5.69 Å². The Hall–Kier alpha value is -2.07. The van der Waals surface area contributed by atoms with Gasteiger partial charge in [0.05, 0.1) is 5.69 Å². The van der Waals surface area contributed by atoms with Crippen LogP contribution >= 0.6 is 15.9 Å². The first-order chi connectivity index (χ1) is 10.9. The Kier molecular flexibility index (Phi) is 4.26. The topological polar surface area (TPSA) is 41.1 Å². The number of amides is 1. The molecule has 0 saturated heterocycles. The molecule has 0 aliphatic carbocycles. The fourth-order valence-electron chi connectivity index (χ4n) is 2.87. The van der Waals surface area contributed by atoms with Crippen LogP contribution in [0.5, 0.6) is 0 Å². The molecule has 0 aromatic heterocycles. The second-order valence-electron chi connectivity index (χ2n) is 6.37. The summed E-state index contributed by atoms with van der Waals surface area (Å²) in [6.07, 6.45) is 2.57. The van der Waals surface area contributed by atoms with Crippen LogP contribution in [0.15, 0.2) is 59.1 Å². The maximum Gasteiger partial charge on any atom is 0.250 e. The molecule has 0 radical (unpaired) electrons. The van der Waals surface area contributed by atoms with Gasteiger partial charge in [-0.15, -0.1) is 0 Å². The summed E-state index contributed by atoms with van der Waals surface area (Å²) < 4.78 is 0.865. The maximum absolute atomic E-state index is 12.4. The first kappa shape index (κ1) is 15.8. The number of carbonyl (C=O) groups excluding carboxylic acids is 1. The monoisotopic (exact) mass is 370 g/mol. The molecule has 118 valence electrons. The molecule has 0 bridgehead atoms. The number of para-hydroxylation sites is 1. The van der Waals surface area contributed by atoms with Gasteiger partial charge < -0.3 is 10.6 Å². The molecule has 0 spiro atoms. The highest BCUT2D eigenvalue weighted by molar-refractivity contribution is 9.10. The molecule has 1 aliphatic rings. The van der Waals surface area contributed by atoms with E-state index in [2.05, 4.69) is 52.5 Å². The summed E-state index contributed by atoms with van der Waals surface area (Å²) in [5.74, 6) is -0.146. The summed E-state index contributed by atoms with van der Waals surface area (Å²) in [5.41, 5.74) is 3.90. The Bertz CT molecular complexity index is 780. The Morgan fingerprint density at radius 3 is 2.65 bits per heavy atom. The average Bonchev–Trinajstić information content (AvgIpc) is 2.48. The van der Waals surface area contributed by atoms with Crippen LogP contribution in [-0.2, 0) is 11.2 Å². The fraction of sp³-hybridized carbons (Fsp3) is 0.211. The summed E-state index contributed by atoms with van der Waals surface area (Å²) in [6.45, 7) is 4.28. The number of hydrogen-bond donors (Lipinski definition) is 2. The molecule has 1 amide bonds. The molecule has 2 aromatic carbocycles. The third-order valence-corrected chi connectivity index (χ3v) is 4.51. The van der Waals surface area contributed by atoms with E-state index in [-0.39, 0.29) is 11.4 Å². The van der Waals surface area contributed by atoms with Crippen molar-refractivity contribution in [3.05, 3.63) is 70.2 Å². The second-order valence-corrected chi connectivity index (χ2v) is 7.22. The van der Waals surface area contributed by atoms with Crippen molar-refractivity contribution < 1.29 is 4.79 Å². The van der Waals surface area contributed by atoms with Gasteiger partial charge in [0.1, 0.15) is 0 Å². The van der Waals surface area contributed by atoms with Crippen molar-refractivity contribution in [1.82, 2.24) is 5.32 Å². The lowest BCUT2D eigenvalue weighted by Gasteiger charge is -2.35. The van der Waals surface area contributed by atoms with Gasteiger partial charge in [-0.1, -0.05) is 36.4 Å². The van der Waals surface area contributed by atoms with E-state index >= 15 is 0 Å². The van der Waals surface area contributed by atoms with Gasteiger partial charge in [-0.05, 0) is 53.9 Å². The van der Waals surface area contributed by atoms with E-state index in [1.807, 2.05) is 36.4 Å². The van der Waals surface area contributed by atoms with E-state index in [0.29, 0.717) is 0 Å². The number of rotatable bonds is 2. The van der Waals surface area contributed by atoms with Gasteiger partial charge in [0.15, 0.2) is 0 Å². The fourth-order valence-corrected chi connectivity index (χ4v) is 3.25. The lowest BCUT2D eigenvalue weighted by molar-refractivity contribution is -0.111. The molecule has 3 nitrogen and oxygen atoms in total.